The number of rotatable bonds is 9. The van der Waals surface area contributed by atoms with Gasteiger partial charge in [-0.3, -0.25) is 14.2 Å². The van der Waals surface area contributed by atoms with Crippen LogP contribution in [0.25, 0.3) is 10.9 Å². The van der Waals surface area contributed by atoms with Crippen LogP contribution in [0.3, 0.4) is 0 Å². The van der Waals surface area contributed by atoms with Crippen LogP contribution in [0, 0.1) is 0 Å². The van der Waals surface area contributed by atoms with Crippen LogP contribution < -0.4 is 10.9 Å². The Labute approximate surface area is 145 Å². The van der Waals surface area contributed by atoms with E-state index in [1.807, 2.05) is 32.0 Å². The Morgan fingerprint density at radius 3 is 2.88 bits per heavy atom. The fourth-order valence-electron chi connectivity index (χ4n) is 2.30. The highest BCUT2D eigenvalue weighted by Gasteiger charge is 2.12. The lowest BCUT2D eigenvalue weighted by molar-refractivity contribution is -0.118. The van der Waals surface area contributed by atoms with Crippen molar-refractivity contribution in [3.63, 3.8) is 0 Å². The summed E-state index contributed by atoms with van der Waals surface area (Å²) in [6.07, 6.45) is 0.725. The molecular formula is C17H23N3O3S. The molecule has 1 amide bonds. The Hall–Kier alpha value is -1.86. The second-order valence-corrected chi connectivity index (χ2v) is 6.10. The first-order valence-electron chi connectivity index (χ1n) is 8.14. The molecule has 1 heterocycles. The molecule has 1 N–H and O–H groups in total. The van der Waals surface area contributed by atoms with Gasteiger partial charge in [0, 0.05) is 26.3 Å². The molecule has 1 aromatic carbocycles. The number of para-hydroxylation sites is 1. The van der Waals surface area contributed by atoms with E-state index >= 15 is 0 Å². The Morgan fingerprint density at radius 2 is 2.12 bits per heavy atom. The van der Waals surface area contributed by atoms with E-state index in [9.17, 15) is 9.59 Å². The third kappa shape index (κ3) is 4.82. The van der Waals surface area contributed by atoms with E-state index in [1.165, 1.54) is 11.8 Å². The number of thioether (sulfide) groups is 1. The highest BCUT2D eigenvalue weighted by atomic mass is 32.2. The fraction of sp³-hybridized carbons (Fsp3) is 0.471. The number of hydrogen-bond acceptors (Lipinski definition) is 5. The lowest BCUT2D eigenvalue weighted by Crippen LogP contribution is -2.27. The van der Waals surface area contributed by atoms with Crippen molar-refractivity contribution in [3.05, 3.63) is 34.6 Å². The molecule has 0 fully saturated rings. The number of nitrogens with zero attached hydrogens (tertiary/aromatic N) is 2. The molecule has 0 saturated heterocycles. The van der Waals surface area contributed by atoms with Crippen molar-refractivity contribution in [1.29, 1.82) is 0 Å². The Morgan fingerprint density at radius 1 is 1.33 bits per heavy atom. The summed E-state index contributed by atoms with van der Waals surface area (Å²) in [5.41, 5.74) is 0.581. The maximum absolute atomic E-state index is 12.8. The summed E-state index contributed by atoms with van der Waals surface area (Å²) in [5, 5.41) is 3.92. The van der Waals surface area contributed by atoms with Crippen LogP contribution in [0.1, 0.15) is 20.3 Å². The summed E-state index contributed by atoms with van der Waals surface area (Å²) in [7, 11) is 0. The maximum Gasteiger partial charge on any atom is 0.262 e. The maximum atomic E-state index is 12.8. The van der Waals surface area contributed by atoms with E-state index in [2.05, 4.69) is 10.3 Å². The van der Waals surface area contributed by atoms with Crippen LogP contribution in [-0.2, 0) is 16.1 Å². The Kier molecular flexibility index (Phi) is 7.27. The molecule has 0 atom stereocenters. The van der Waals surface area contributed by atoms with E-state index < -0.39 is 0 Å². The van der Waals surface area contributed by atoms with Crippen LogP contribution >= 0.6 is 11.8 Å². The average Bonchev–Trinajstić information content (AvgIpc) is 2.59. The Balaban J connectivity index is 2.27. The van der Waals surface area contributed by atoms with Crippen LogP contribution in [0.15, 0.2) is 34.2 Å². The second-order valence-electron chi connectivity index (χ2n) is 5.16. The van der Waals surface area contributed by atoms with Gasteiger partial charge in [0.2, 0.25) is 5.91 Å². The van der Waals surface area contributed by atoms with Gasteiger partial charge in [-0.05, 0) is 32.4 Å². The van der Waals surface area contributed by atoms with Crippen molar-refractivity contribution in [2.24, 2.45) is 0 Å². The van der Waals surface area contributed by atoms with E-state index in [4.69, 9.17) is 4.74 Å². The van der Waals surface area contributed by atoms with Crippen molar-refractivity contribution < 1.29 is 9.53 Å². The quantitative estimate of drug-likeness (QED) is 0.426. The van der Waals surface area contributed by atoms with Crippen molar-refractivity contribution in [2.45, 2.75) is 32.0 Å². The highest BCUT2D eigenvalue weighted by Crippen LogP contribution is 2.18. The molecule has 0 aliphatic heterocycles. The molecule has 0 saturated carbocycles. The van der Waals surface area contributed by atoms with Crippen LogP contribution in [-0.4, -0.2) is 41.0 Å². The number of ether oxygens (including phenoxy) is 1. The van der Waals surface area contributed by atoms with E-state index in [0.29, 0.717) is 42.4 Å². The molecule has 2 rings (SSSR count). The lowest BCUT2D eigenvalue weighted by Gasteiger charge is -2.13. The van der Waals surface area contributed by atoms with Crippen LogP contribution in [0.2, 0.25) is 0 Å². The number of carbonyl (C=O) groups is 1. The number of benzene rings is 1. The van der Waals surface area contributed by atoms with Gasteiger partial charge in [0.25, 0.3) is 5.56 Å². The third-order valence-electron chi connectivity index (χ3n) is 3.41. The molecule has 0 unspecified atom stereocenters. The summed E-state index contributed by atoms with van der Waals surface area (Å²) in [5.74, 6) is 0.176. The second kappa shape index (κ2) is 9.44. The average molecular weight is 349 g/mol. The smallest absolute Gasteiger partial charge is 0.262 e. The molecule has 0 aliphatic rings. The monoisotopic (exact) mass is 349 g/mol. The summed E-state index contributed by atoms with van der Waals surface area (Å²) in [6.45, 7) is 6.18. The summed E-state index contributed by atoms with van der Waals surface area (Å²) in [6, 6.07) is 7.28. The van der Waals surface area contributed by atoms with Crippen LogP contribution in [0.4, 0.5) is 0 Å². The van der Waals surface area contributed by atoms with Crippen molar-refractivity contribution >= 4 is 28.6 Å². The van der Waals surface area contributed by atoms with Gasteiger partial charge in [-0.25, -0.2) is 4.98 Å². The first-order chi connectivity index (χ1) is 11.7. The number of amides is 1. The topological polar surface area (TPSA) is 73.2 Å². The van der Waals surface area contributed by atoms with Gasteiger partial charge in [0.15, 0.2) is 5.16 Å². The van der Waals surface area contributed by atoms with Gasteiger partial charge in [-0.1, -0.05) is 23.9 Å². The van der Waals surface area contributed by atoms with Crippen molar-refractivity contribution in [2.75, 3.05) is 25.5 Å². The number of fused-ring (bicyclic) bond motifs is 1. The molecule has 2 aromatic rings. The van der Waals surface area contributed by atoms with E-state index in [1.54, 1.807) is 10.6 Å². The zero-order chi connectivity index (χ0) is 17.4. The molecule has 0 bridgehead atoms. The first-order valence-corrected chi connectivity index (χ1v) is 9.12. The highest BCUT2D eigenvalue weighted by molar-refractivity contribution is 7.99. The van der Waals surface area contributed by atoms with Gasteiger partial charge in [-0.2, -0.15) is 0 Å². The SMILES string of the molecule is CCNC(=O)CSc1nc2ccccc2c(=O)n1CCCOCC. The minimum Gasteiger partial charge on any atom is -0.382 e. The predicted molar refractivity (Wildman–Crippen MR) is 96.5 cm³/mol. The normalized spacial score (nSPS) is 10.9. The summed E-state index contributed by atoms with van der Waals surface area (Å²) >= 11 is 1.29. The molecule has 130 valence electrons. The van der Waals surface area contributed by atoms with Crippen molar-refractivity contribution in [3.8, 4) is 0 Å². The van der Waals surface area contributed by atoms with E-state index in [0.717, 1.165) is 6.42 Å². The number of hydrogen-bond donors (Lipinski definition) is 1. The molecule has 0 spiro atoms. The zero-order valence-electron chi connectivity index (χ0n) is 14.1. The molecule has 6 nitrogen and oxygen atoms in total. The molecule has 24 heavy (non-hydrogen) atoms. The molecule has 0 radical (unpaired) electrons. The molecular weight excluding hydrogens is 326 g/mol. The summed E-state index contributed by atoms with van der Waals surface area (Å²) in [4.78, 5) is 29.0. The summed E-state index contributed by atoms with van der Waals surface area (Å²) < 4.78 is 6.99. The number of carbonyl (C=O) groups excluding carboxylic acids is 1. The van der Waals surface area contributed by atoms with Crippen LogP contribution in [0.5, 0.6) is 0 Å². The largest absolute Gasteiger partial charge is 0.382 e. The van der Waals surface area contributed by atoms with Gasteiger partial charge < -0.3 is 10.1 Å². The lowest BCUT2D eigenvalue weighted by atomic mass is 10.2. The van der Waals surface area contributed by atoms with Crippen molar-refractivity contribution in [1.82, 2.24) is 14.9 Å². The van der Waals surface area contributed by atoms with Gasteiger partial charge >= 0.3 is 0 Å². The molecule has 1 aromatic heterocycles. The number of aromatic nitrogens is 2. The molecule has 0 aliphatic carbocycles. The first kappa shape index (κ1) is 18.5. The predicted octanol–water partition coefficient (Wildman–Crippen LogP) is 2.05. The fourth-order valence-corrected chi connectivity index (χ4v) is 3.16. The van der Waals surface area contributed by atoms with Gasteiger partial charge in [0.1, 0.15) is 0 Å². The standard InChI is InChI=1S/C17H23N3O3S/c1-3-18-15(21)12-24-17-19-14-9-6-5-8-13(14)16(22)20(17)10-7-11-23-4-2/h5-6,8-9H,3-4,7,10-12H2,1-2H3,(H,18,21). The third-order valence-corrected chi connectivity index (χ3v) is 4.38. The Bertz CT molecular complexity index is 745. The van der Waals surface area contributed by atoms with E-state index in [-0.39, 0.29) is 17.2 Å². The number of nitrogens with one attached hydrogen (secondary N) is 1. The van der Waals surface area contributed by atoms with Gasteiger partial charge in [-0.15, -0.1) is 0 Å². The zero-order valence-corrected chi connectivity index (χ0v) is 14.9. The minimum atomic E-state index is -0.0736. The minimum absolute atomic E-state index is 0.0641. The molecule has 7 heteroatoms. The van der Waals surface area contributed by atoms with Gasteiger partial charge in [0.05, 0.1) is 16.7 Å².